The maximum atomic E-state index is 13.2. The molecule has 1 fully saturated rings. The van der Waals surface area contributed by atoms with Crippen LogP contribution in [0, 0.1) is 0 Å². The van der Waals surface area contributed by atoms with E-state index in [-0.39, 0.29) is 31.6 Å². The third kappa shape index (κ3) is 6.08. The molecular formula is C26H28ClN7O5. The maximum Gasteiger partial charge on any atom is 0.256 e. The summed E-state index contributed by atoms with van der Waals surface area (Å²) in [5, 5.41) is 16.2. The number of methoxy groups -OCH3 is 1. The molecule has 3 aromatic heterocycles. The molecule has 5 rings (SSSR count). The number of hydrogen-bond acceptors (Lipinski definition) is 10. The summed E-state index contributed by atoms with van der Waals surface area (Å²) in [7, 11) is 1.48. The largest absolute Gasteiger partial charge is 0.481 e. The zero-order chi connectivity index (χ0) is 27.4. The molecule has 0 bridgehead atoms. The molecule has 3 aromatic rings. The number of aliphatic hydroxyl groups is 1. The van der Waals surface area contributed by atoms with Gasteiger partial charge in [0.1, 0.15) is 6.54 Å². The van der Waals surface area contributed by atoms with Crippen molar-refractivity contribution in [1.29, 1.82) is 0 Å². The highest BCUT2D eigenvalue weighted by Crippen LogP contribution is 2.30. The molecule has 0 aliphatic carbocycles. The van der Waals surface area contributed by atoms with Crippen molar-refractivity contribution in [3.8, 4) is 17.1 Å². The normalized spacial score (nSPS) is 16.1. The van der Waals surface area contributed by atoms with E-state index in [0.717, 1.165) is 12.8 Å². The number of aromatic nitrogens is 4. The number of carbonyl (C=O) groups is 2. The topological polar surface area (TPSA) is 152 Å². The van der Waals surface area contributed by atoms with Gasteiger partial charge in [-0.05, 0) is 25.0 Å². The van der Waals surface area contributed by atoms with Gasteiger partial charge in [0.2, 0.25) is 17.7 Å². The zero-order valence-corrected chi connectivity index (χ0v) is 22.0. The van der Waals surface area contributed by atoms with Crippen LogP contribution < -0.4 is 15.4 Å². The Bertz CT molecular complexity index is 1370. The van der Waals surface area contributed by atoms with Crippen molar-refractivity contribution in [3.05, 3.63) is 58.6 Å². The van der Waals surface area contributed by atoms with Crippen LogP contribution in [0.25, 0.3) is 11.3 Å². The molecule has 2 aliphatic rings. The molecule has 5 heterocycles. The molecule has 204 valence electrons. The summed E-state index contributed by atoms with van der Waals surface area (Å²) in [5.74, 6) is 0.0286. The Morgan fingerprint density at radius 2 is 2.08 bits per heavy atom. The Balaban J connectivity index is 1.27. The van der Waals surface area contributed by atoms with Gasteiger partial charge < -0.3 is 30.1 Å². The fourth-order valence-electron chi connectivity index (χ4n) is 4.51. The lowest BCUT2D eigenvalue weighted by molar-refractivity contribution is -0.122. The highest BCUT2D eigenvalue weighted by Gasteiger charge is 2.31. The van der Waals surface area contributed by atoms with Crippen molar-refractivity contribution in [1.82, 2.24) is 30.2 Å². The number of aliphatic hydroxyl groups excluding tert-OH is 1. The second kappa shape index (κ2) is 11.9. The van der Waals surface area contributed by atoms with Crippen molar-refractivity contribution in [3.63, 3.8) is 0 Å². The number of amides is 2. The van der Waals surface area contributed by atoms with Gasteiger partial charge in [0, 0.05) is 37.1 Å². The summed E-state index contributed by atoms with van der Waals surface area (Å²) in [4.78, 5) is 44.9. The van der Waals surface area contributed by atoms with Crippen LogP contribution in [-0.2, 0) is 16.1 Å². The monoisotopic (exact) mass is 553 g/mol. The number of anilines is 1. The molecular weight excluding hydrogens is 526 g/mol. The quantitative estimate of drug-likeness (QED) is 0.358. The first-order valence-corrected chi connectivity index (χ1v) is 12.9. The van der Waals surface area contributed by atoms with Crippen LogP contribution in [0.2, 0.25) is 5.02 Å². The number of carbonyl (C=O) groups excluding carboxylic acids is 2. The molecule has 0 spiro atoms. The van der Waals surface area contributed by atoms with Gasteiger partial charge in [-0.25, -0.2) is 15.0 Å². The number of nitrogens with one attached hydrogen (secondary N) is 2. The molecule has 0 radical (unpaired) electrons. The summed E-state index contributed by atoms with van der Waals surface area (Å²) in [6, 6.07) is 6.20. The Morgan fingerprint density at radius 3 is 2.85 bits per heavy atom. The van der Waals surface area contributed by atoms with Gasteiger partial charge in [0.15, 0.2) is 0 Å². The van der Waals surface area contributed by atoms with Gasteiger partial charge in [0.05, 0.1) is 60.2 Å². The van der Waals surface area contributed by atoms with Crippen molar-refractivity contribution in [2.24, 2.45) is 0 Å². The molecule has 0 unspecified atom stereocenters. The summed E-state index contributed by atoms with van der Waals surface area (Å²) < 4.78 is 10.5. The van der Waals surface area contributed by atoms with E-state index >= 15 is 0 Å². The Kier molecular flexibility index (Phi) is 8.15. The summed E-state index contributed by atoms with van der Waals surface area (Å²) in [6.07, 6.45) is 4.84. The first-order valence-electron chi connectivity index (χ1n) is 12.5. The van der Waals surface area contributed by atoms with Crippen molar-refractivity contribution >= 4 is 29.4 Å². The number of hydrogen-bond donors (Lipinski definition) is 3. The molecule has 1 saturated heterocycles. The second-order valence-corrected chi connectivity index (χ2v) is 9.62. The van der Waals surface area contributed by atoms with Gasteiger partial charge in [-0.1, -0.05) is 17.7 Å². The molecule has 0 aromatic carbocycles. The number of fused-ring (bicyclic) bond motifs is 1. The first kappa shape index (κ1) is 26.7. The first-order chi connectivity index (χ1) is 18.9. The minimum absolute atomic E-state index is 0.178. The predicted octanol–water partition coefficient (Wildman–Crippen LogP) is 1.99. The fourth-order valence-corrected chi connectivity index (χ4v) is 4.71. The SMILES string of the molecule is COc1cccc([C@@H](CO)NC(=O)CN2Cc3ncc(-c4nc(NC5CCOCC5)ncc4Cl)cc3C2=O)n1. The number of rotatable bonds is 9. The molecule has 0 saturated carbocycles. The standard InChI is InChI=1S/C26H28ClN7O5/c1-38-23-4-2-3-19(32-23)21(14-35)31-22(36)13-34-12-20-17(25(34)37)9-15(10-28-20)24-18(27)11-29-26(33-24)30-16-5-7-39-8-6-16/h2-4,9-11,16,21,35H,5-8,12-14H2,1H3,(H,31,36)(H,29,30,33)/t21-/m1/s1. The lowest BCUT2D eigenvalue weighted by atomic mass is 10.1. The van der Waals surface area contributed by atoms with Gasteiger partial charge in [0.25, 0.3) is 5.91 Å². The van der Waals surface area contributed by atoms with Crippen molar-refractivity contribution in [2.45, 2.75) is 31.5 Å². The van der Waals surface area contributed by atoms with Crippen molar-refractivity contribution < 1.29 is 24.2 Å². The smallest absolute Gasteiger partial charge is 0.256 e. The van der Waals surface area contributed by atoms with E-state index in [9.17, 15) is 14.7 Å². The van der Waals surface area contributed by atoms with Crippen LogP contribution in [-0.4, -0.2) is 81.3 Å². The summed E-state index contributed by atoms with van der Waals surface area (Å²) >= 11 is 6.41. The van der Waals surface area contributed by atoms with Crippen LogP contribution in [0.15, 0.2) is 36.7 Å². The maximum absolute atomic E-state index is 13.2. The Hall–Kier alpha value is -3.87. The number of ether oxygens (including phenoxy) is 2. The Labute approximate surface area is 229 Å². The van der Waals surface area contributed by atoms with Crippen LogP contribution in [0.5, 0.6) is 5.88 Å². The Morgan fingerprint density at radius 1 is 1.26 bits per heavy atom. The lowest BCUT2D eigenvalue weighted by Gasteiger charge is -2.23. The predicted molar refractivity (Wildman–Crippen MR) is 141 cm³/mol. The molecule has 2 aliphatic heterocycles. The van der Waals surface area contributed by atoms with E-state index in [1.54, 1.807) is 30.5 Å². The lowest BCUT2D eigenvalue weighted by Crippen LogP contribution is -2.40. The minimum atomic E-state index is -0.749. The number of pyridine rings is 2. The molecule has 2 amide bonds. The third-order valence-electron chi connectivity index (χ3n) is 6.56. The van der Waals surface area contributed by atoms with Crippen LogP contribution >= 0.6 is 11.6 Å². The van der Waals surface area contributed by atoms with E-state index in [2.05, 4.69) is 30.6 Å². The summed E-state index contributed by atoms with van der Waals surface area (Å²) in [6.45, 7) is 0.968. The van der Waals surface area contributed by atoms with Gasteiger partial charge in [-0.15, -0.1) is 0 Å². The van der Waals surface area contributed by atoms with E-state index in [1.165, 1.54) is 18.2 Å². The van der Waals surface area contributed by atoms with E-state index in [4.69, 9.17) is 21.1 Å². The highest BCUT2D eigenvalue weighted by atomic mass is 35.5. The van der Waals surface area contributed by atoms with Crippen LogP contribution in [0.4, 0.5) is 5.95 Å². The second-order valence-electron chi connectivity index (χ2n) is 9.21. The number of halogens is 1. The van der Waals surface area contributed by atoms with Crippen molar-refractivity contribution in [2.75, 3.05) is 38.8 Å². The molecule has 13 heteroatoms. The van der Waals surface area contributed by atoms with Gasteiger partial charge in [-0.3, -0.25) is 14.6 Å². The molecule has 12 nitrogen and oxygen atoms in total. The van der Waals surface area contributed by atoms with Crippen LogP contribution in [0.1, 0.15) is 40.6 Å². The third-order valence-corrected chi connectivity index (χ3v) is 6.84. The van der Waals surface area contributed by atoms with Gasteiger partial charge in [-0.2, -0.15) is 0 Å². The van der Waals surface area contributed by atoms with Gasteiger partial charge >= 0.3 is 0 Å². The highest BCUT2D eigenvalue weighted by molar-refractivity contribution is 6.32. The molecule has 39 heavy (non-hydrogen) atoms. The van der Waals surface area contributed by atoms with Crippen LogP contribution in [0.3, 0.4) is 0 Å². The molecule has 1 atom stereocenters. The summed E-state index contributed by atoms with van der Waals surface area (Å²) in [5.41, 5.74) is 2.40. The number of nitrogens with zero attached hydrogens (tertiary/aromatic N) is 5. The van der Waals surface area contributed by atoms with E-state index in [0.29, 0.717) is 58.3 Å². The molecule has 3 N–H and O–H groups in total. The van der Waals surface area contributed by atoms with E-state index < -0.39 is 11.9 Å². The average molecular weight is 554 g/mol. The average Bonchev–Trinajstić information content (AvgIpc) is 3.27. The fraction of sp³-hybridized carbons (Fsp3) is 0.385. The minimum Gasteiger partial charge on any atom is -0.481 e. The zero-order valence-electron chi connectivity index (χ0n) is 21.3. The van der Waals surface area contributed by atoms with E-state index in [1.807, 2.05) is 0 Å².